The molecular weight excluding hydrogens is 250 g/mol. The second-order valence-corrected chi connectivity index (χ2v) is 6.15. The summed E-state index contributed by atoms with van der Waals surface area (Å²) in [4.78, 5) is 4.24. The van der Waals surface area contributed by atoms with Gasteiger partial charge >= 0.3 is 0 Å². The predicted molar refractivity (Wildman–Crippen MR) is 82.3 cm³/mol. The number of ether oxygens (including phenoxy) is 1. The molecule has 1 aromatic rings. The molecule has 1 saturated carbocycles. The molecule has 1 aromatic heterocycles. The number of hydrogen-bond acceptors (Lipinski definition) is 4. The van der Waals surface area contributed by atoms with Crippen LogP contribution in [0.4, 0.5) is 5.82 Å². The van der Waals surface area contributed by atoms with Gasteiger partial charge in [-0.25, -0.2) is 4.98 Å². The van der Waals surface area contributed by atoms with Gasteiger partial charge in [0, 0.05) is 18.4 Å². The fraction of sp³-hybridized carbons (Fsp3) is 0.688. The SMILES string of the molecule is CCOC1(C(N)c2cc(C)cnc2N)CCC(C)CC1. The molecule has 1 aliphatic carbocycles. The molecule has 20 heavy (non-hydrogen) atoms. The molecule has 4 heteroatoms. The third-order valence-corrected chi connectivity index (χ3v) is 4.54. The van der Waals surface area contributed by atoms with E-state index in [1.54, 1.807) is 6.20 Å². The van der Waals surface area contributed by atoms with Gasteiger partial charge in [0.25, 0.3) is 0 Å². The Balaban J connectivity index is 2.31. The van der Waals surface area contributed by atoms with Crippen molar-refractivity contribution < 1.29 is 4.74 Å². The van der Waals surface area contributed by atoms with Gasteiger partial charge in [-0.05, 0) is 57.1 Å². The van der Waals surface area contributed by atoms with E-state index in [2.05, 4.69) is 11.9 Å². The van der Waals surface area contributed by atoms with E-state index < -0.39 is 0 Å². The number of nitrogen functional groups attached to an aromatic ring is 1. The zero-order chi connectivity index (χ0) is 14.8. The number of hydrogen-bond donors (Lipinski definition) is 2. The van der Waals surface area contributed by atoms with Crippen molar-refractivity contribution in [2.45, 2.75) is 58.1 Å². The summed E-state index contributed by atoms with van der Waals surface area (Å²) in [6, 6.07) is 1.84. The Bertz CT molecular complexity index is 453. The quantitative estimate of drug-likeness (QED) is 0.887. The van der Waals surface area contributed by atoms with Gasteiger partial charge in [0.2, 0.25) is 0 Å². The van der Waals surface area contributed by atoms with Crippen molar-refractivity contribution in [2.24, 2.45) is 11.7 Å². The Morgan fingerprint density at radius 1 is 1.45 bits per heavy atom. The summed E-state index contributed by atoms with van der Waals surface area (Å²) >= 11 is 0. The van der Waals surface area contributed by atoms with E-state index in [0.717, 1.165) is 42.7 Å². The smallest absolute Gasteiger partial charge is 0.128 e. The standard InChI is InChI=1S/C16H27N3O/c1-4-20-16(7-5-11(2)6-8-16)14(17)13-9-12(3)10-19-15(13)18/h9-11,14H,4-8,17H2,1-3H3,(H2,18,19). The summed E-state index contributed by atoms with van der Waals surface area (Å²) in [5.41, 5.74) is 14.3. The second-order valence-electron chi connectivity index (χ2n) is 6.15. The van der Waals surface area contributed by atoms with Gasteiger partial charge < -0.3 is 16.2 Å². The van der Waals surface area contributed by atoms with Crippen molar-refractivity contribution in [2.75, 3.05) is 12.3 Å². The van der Waals surface area contributed by atoms with Crippen molar-refractivity contribution in [3.63, 3.8) is 0 Å². The zero-order valence-corrected chi connectivity index (χ0v) is 12.9. The molecule has 0 aliphatic heterocycles. The lowest BCUT2D eigenvalue weighted by Gasteiger charge is -2.43. The van der Waals surface area contributed by atoms with Gasteiger partial charge in [0.05, 0.1) is 11.6 Å². The molecule has 1 unspecified atom stereocenters. The highest BCUT2D eigenvalue weighted by atomic mass is 16.5. The van der Waals surface area contributed by atoms with Crippen molar-refractivity contribution in [3.8, 4) is 0 Å². The fourth-order valence-corrected chi connectivity index (χ4v) is 3.22. The van der Waals surface area contributed by atoms with Crippen LogP contribution in [-0.2, 0) is 4.74 Å². The third kappa shape index (κ3) is 2.96. The molecule has 1 heterocycles. The summed E-state index contributed by atoms with van der Waals surface area (Å²) in [5.74, 6) is 1.28. The van der Waals surface area contributed by atoms with E-state index in [-0.39, 0.29) is 11.6 Å². The fourth-order valence-electron chi connectivity index (χ4n) is 3.22. The first-order chi connectivity index (χ1) is 9.48. The third-order valence-electron chi connectivity index (χ3n) is 4.54. The maximum Gasteiger partial charge on any atom is 0.128 e. The maximum atomic E-state index is 6.56. The van der Waals surface area contributed by atoms with Crippen LogP contribution in [0.25, 0.3) is 0 Å². The van der Waals surface area contributed by atoms with Gasteiger partial charge in [0.1, 0.15) is 5.82 Å². The average molecular weight is 277 g/mol. The van der Waals surface area contributed by atoms with Gasteiger partial charge in [-0.15, -0.1) is 0 Å². The Kier molecular flexibility index (Phi) is 4.66. The molecule has 4 N–H and O–H groups in total. The molecule has 0 aromatic carbocycles. The van der Waals surface area contributed by atoms with E-state index in [0.29, 0.717) is 12.4 Å². The highest BCUT2D eigenvalue weighted by Crippen LogP contribution is 2.43. The first-order valence-electron chi connectivity index (χ1n) is 7.60. The first kappa shape index (κ1) is 15.3. The molecule has 0 radical (unpaired) electrons. The number of nitrogens with zero attached hydrogens (tertiary/aromatic N) is 1. The van der Waals surface area contributed by atoms with Gasteiger partial charge in [-0.2, -0.15) is 0 Å². The molecule has 4 nitrogen and oxygen atoms in total. The van der Waals surface area contributed by atoms with Crippen LogP contribution in [0.2, 0.25) is 0 Å². The Hall–Kier alpha value is -1.13. The summed E-state index contributed by atoms with van der Waals surface area (Å²) in [6.45, 7) is 7.02. The van der Waals surface area contributed by atoms with E-state index >= 15 is 0 Å². The zero-order valence-electron chi connectivity index (χ0n) is 12.9. The van der Waals surface area contributed by atoms with Crippen molar-refractivity contribution in [3.05, 3.63) is 23.4 Å². The molecule has 1 fully saturated rings. The van der Waals surface area contributed by atoms with Crippen LogP contribution in [0.1, 0.15) is 56.7 Å². The lowest BCUT2D eigenvalue weighted by Crippen LogP contribution is -2.46. The minimum Gasteiger partial charge on any atom is -0.383 e. The monoisotopic (exact) mass is 277 g/mol. The number of aromatic nitrogens is 1. The van der Waals surface area contributed by atoms with Crippen molar-refractivity contribution in [1.82, 2.24) is 4.98 Å². The summed E-state index contributed by atoms with van der Waals surface area (Å²) in [6.07, 6.45) is 6.09. The number of aryl methyl sites for hydroxylation is 1. The summed E-state index contributed by atoms with van der Waals surface area (Å²) in [5, 5.41) is 0. The van der Waals surface area contributed by atoms with Gasteiger partial charge in [-0.1, -0.05) is 6.92 Å². The highest BCUT2D eigenvalue weighted by molar-refractivity contribution is 5.44. The number of anilines is 1. The maximum absolute atomic E-state index is 6.56. The molecule has 1 atom stereocenters. The highest BCUT2D eigenvalue weighted by Gasteiger charge is 2.41. The number of rotatable bonds is 4. The molecule has 112 valence electrons. The minimum absolute atomic E-state index is 0.206. The van der Waals surface area contributed by atoms with Gasteiger partial charge in [-0.3, -0.25) is 0 Å². The molecular formula is C16H27N3O. The topological polar surface area (TPSA) is 74.2 Å². The molecule has 0 spiro atoms. The van der Waals surface area contributed by atoms with Crippen LogP contribution in [0.5, 0.6) is 0 Å². The molecule has 1 aliphatic rings. The van der Waals surface area contributed by atoms with Crippen molar-refractivity contribution >= 4 is 5.82 Å². The molecule has 2 rings (SSSR count). The minimum atomic E-state index is -0.287. The molecule has 0 amide bonds. The van der Waals surface area contributed by atoms with Crippen LogP contribution < -0.4 is 11.5 Å². The van der Waals surface area contributed by atoms with E-state index in [9.17, 15) is 0 Å². The van der Waals surface area contributed by atoms with Crippen LogP contribution in [0, 0.1) is 12.8 Å². The Morgan fingerprint density at radius 2 is 2.10 bits per heavy atom. The van der Waals surface area contributed by atoms with Gasteiger partial charge in [0.15, 0.2) is 0 Å². The normalized spacial score (nSPS) is 28.3. The lowest BCUT2D eigenvalue weighted by molar-refractivity contribution is -0.0896. The Morgan fingerprint density at radius 3 is 2.70 bits per heavy atom. The summed E-state index contributed by atoms with van der Waals surface area (Å²) in [7, 11) is 0. The van der Waals surface area contributed by atoms with Crippen LogP contribution >= 0.6 is 0 Å². The van der Waals surface area contributed by atoms with Crippen molar-refractivity contribution in [1.29, 1.82) is 0 Å². The second kappa shape index (κ2) is 6.10. The van der Waals surface area contributed by atoms with E-state index in [1.807, 2.05) is 19.9 Å². The predicted octanol–water partition coefficient (Wildman–Crippen LogP) is 2.96. The number of pyridine rings is 1. The van der Waals surface area contributed by atoms with E-state index in [4.69, 9.17) is 16.2 Å². The lowest BCUT2D eigenvalue weighted by atomic mass is 9.73. The van der Waals surface area contributed by atoms with Crippen LogP contribution in [0.15, 0.2) is 12.3 Å². The average Bonchev–Trinajstić information content (AvgIpc) is 2.44. The van der Waals surface area contributed by atoms with E-state index in [1.165, 1.54) is 0 Å². The molecule has 0 saturated heterocycles. The largest absolute Gasteiger partial charge is 0.383 e. The Labute approximate surface area is 121 Å². The first-order valence-corrected chi connectivity index (χ1v) is 7.60. The van der Waals surface area contributed by atoms with Crippen LogP contribution in [-0.4, -0.2) is 17.2 Å². The number of nitrogens with two attached hydrogens (primary N) is 2. The van der Waals surface area contributed by atoms with Crippen LogP contribution in [0.3, 0.4) is 0 Å². The molecule has 0 bridgehead atoms. The summed E-state index contributed by atoms with van der Waals surface area (Å²) < 4.78 is 6.12.